The van der Waals surface area contributed by atoms with Gasteiger partial charge in [0.1, 0.15) is 5.82 Å². The molecule has 3 heteroatoms. The minimum atomic E-state index is 0.599. The summed E-state index contributed by atoms with van der Waals surface area (Å²) >= 11 is 0. The first-order chi connectivity index (χ1) is 6.74. The minimum Gasteiger partial charge on any atom is -0.384 e. The average molecular weight is 191 g/mol. The molecule has 0 amide bonds. The van der Waals surface area contributed by atoms with Gasteiger partial charge < -0.3 is 5.73 Å². The predicted molar refractivity (Wildman–Crippen MR) is 55.9 cm³/mol. The summed E-state index contributed by atoms with van der Waals surface area (Å²) in [6, 6.07) is 2.58. The number of rotatable bonds is 1. The van der Waals surface area contributed by atoms with Crippen molar-refractivity contribution >= 4 is 5.82 Å². The Hall–Kier alpha value is -0.990. The van der Waals surface area contributed by atoms with Crippen molar-refractivity contribution in [2.75, 3.05) is 5.73 Å². The van der Waals surface area contributed by atoms with Gasteiger partial charge in [-0.15, -0.1) is 0 Å². The fourth-order valence-electron chi connectivity index (χ4n) is 3.31. The molecule has 1 aromatic rings. The van der Waals surface area contributed by atoms with Gasteiger partial charge in [0.25, 0.3) is 0 Å². The van der Waals surface area contributed by atoms with Crippen LogP contribution in [0, 0.1) is 18.8 Å². The molecule has 2 N–H and O–H groups in total. The molecule has 2 aliphatic carbocycles. The molecule has 14 heavy (non-hydrogen) atoms. The first-order valence-corrected chi connectivity index (χ1v) is 5.55. The Morgan fingerprint density at radius 1 is 1.43 bits per heavy atom. The Morgan fingerprint density at radius 3 is 2.79 bits per heavy atom. The lowest BCUT2D eigenvalue weighted by Gasteiger charge is -2.22. The molecule has 2 bridgehead atoms. The third-order valence-electron chi connectivity index (χ3n) is 3.90. The second-order valence-electron chi connectivity index (χ2n) is 4.90. The van der Waals surface area contributed by atoms with E-state index in [9.17, 15) is 0 Å². The second-order valence-corrected chi connectivity index (χ2v) is 4.90. The SMILES string of the molecule is Cc1cc(N)n([C@@H]2C[C@@H]3CC[C@@H]2C3)n1. The number of nitrogens with zero attached hydrogens (tertiary/aromatic N) is 2. The zero-order chi connectivity index (χ0) is 9.71. The molecule has 3 atom stereocenters. The van der Waals surface area contributed by atoms with E-state index < -0.39 is 0 Å². The molecule has 2 aliphatic rings. The highest BCUT2D eigenvalue weighted by molar-refractivity contribution is 5.31. The van der Waals surface area contributed by atoms with Crippen molar-refractivity contribution < 1.29 is 0 Å². The van der Waals surface area contributed by atoms with Crippen molar-refractivity contribution in [2.24, 2.45) is 11.8 Å². The molecule has 2 saturated carbocycles. The largest absolute Gasteiger partial charge is 0.384 e. The van der Waals surface area contributed by atoms with E-state index in [0.717, 1.165) is 23.3 Å². The summed E-state index contributed by atoms with van der Waals surface area (Å²) in [7, 11) is 0. The Morgan fingerprint density at radius 2 is 2.29 bits per heavy atom. The Labute approximate surface area is 84.3 Å². The molecule has 2 fully saturated rings. The maximum Gasteiger partial charge on any atom is 0.122 e. The fourth-order valence-corrected chi connectivity index (χ4v) is 3.31. The molecule has 3 rings (SSSR count). The number of anilines is 1. The molecular formula is C11H17N3. The molecule has 76 valence electrons. The van der Waals surface area contributed by atoms with Gasteiger partial charge in [-0.25, -0.2) is 4.68 Å². The lowest BCUT2D eigenvalue weighted by atomic mass is 9.95. The van der Waals surface area contributed by atoms with E-state index >= 15 is 0 Å². The van der Waals surface area contributed by atoms with Crippen LogP contribution in [0.1, 0.15) is 37.4 Å². The van der Waals surface area contributed by atoms with Crippen LogP contribution in [0.15, 0.2) is 6.07 Å². The molecule has 1 heterocycles. The van der Waals surface area contributed by atoms with Crippen molar-refractivity contribution in [3.8, 4) is 0 Å². The quantitative estimate of drug-likeness (QED) is 0.739. The van der Waals surface area contributed by atoms with Gasteiger partial charge in [0.05, 0.1) is 11.7 Å². The van der Waals surface area contributed by atoms with Crippen LogP contribution < -0.4 is 5.73 Å². The van der Waals surface area contributed by atoms with Crippen LogP contribution in [0.25, 0.3) is 0 Å². The van der Waals surface area contributed by atoms with Gasteiger partial charge in [-0.2, -0.15) is 5.10 Å². The van der Waals surface area contributed by atoms with Crippen LogP contribution in [0.5, 0.6) is 0 Å². The molecular weight excluding hydrogens is 174 g/mol. The first kappa shape index (κ1) is 8.33. The van der Waals surface area contributed by atoms with E-state index in [4.69, 9.17) is 5.73 Å². The van der Waals surface area contributed by atoms with Gasteiger partial charge in [-0.3, -0.25) is 0 Å². The number of aromatic nitrogens is 2. The number of hydrogen-bond acceptors (Lipinski definition) is 2. The van der Waals surface area contributed by atoms with E-state index in [0.29, 0.717) is 6.04 Å². The van der Waals surface area contributed by atoms with Crippen LogP contribution in [0.2, 0.25) is 0 Å². The highest BCUT2D eigenvalue weighted by Gasteiger charge is 2.41. The second kappa shape index (κ2) is 2.75. The Kier molecular flexibility index (Phi) is 1.64. The highest BCUT2D eigenvalue weighted by Crippen LogP contribution is 2.50. The van der Waals surface area contributed by atoms with E-state index in [-0.39, 0.29) is 0 Å². The topological polar surface area (TPSA) is 43.8 Å². The van der Waals surface area contributed by atoms with Crippen molar-refractivity contribution in [2.45, 2.75) is 38.6 Å². The van der Waals surface area contributed by atoms with Crippen LogP contribution in [0.4, 0.5) is 5.82 Å². The summed E-state index contributed by atoms with van der Waals surface area (Å²) in [6.45, 7) is 2.01. The monoisotopic (exact) mass is 191 g/mol. The third kappa shape index (κ3) is 1.08. The molecule has 3 nitrogen and oxygen atoms in total. The fraction of sp³-hybridized carbons (Fsp3) is 0.727. The zero-order valence-electron chi connectivity index (χ0n) is 8.61. The van der Waals surface area contributed by atoms with E-state index in [1.54, 1.807) is 0 Å². The summed E-state index contributed by atoms with van der Waals surface area (Å²) in [6.07, 6.45) is 5.52. The Balaban J connectivity index is 1.92. The van der Waals surface area contributed by atoms with Gasteiger partial charge in [-0.1, -0.05) is 6.42 Å². The first-order valence-electron chi connectivity index (χ1n) is 5.55. The third-order valence-corrected chi connectivity index (χ3v) is 3.90. The summed E-state index contributed by atoms with van der Waals surface area (Å²) in [5.74, 6) is 2.65. The summed E-state index contributed by atoms with van der Waals surface area (Å²) in [5, 5.41) is 4.50. The van der Waals surface area contributed by atoms with Crippen LogP contribution in [0.3, 0.4) is 0 Å². The van der Waals surface area contributed by atoms with Gasteiger partial charge in [0.15, 0.2) is 0 Å². The minimum absolute atomic E-state index is 0.599. The van der Waals surface area contributed by atoms with Gasteiger partial charge >= 0.3 is 0 Å². The van der Waals surface area contributed by atoms with Gasteiger partial charge in [0.2, 0.25) is 0 Å². The van der Waals surface area contributed by atoms with Crippen LogP contribution in [-0.2, 0) is 0 Å². The van der Waals surface area contributed by atoms with Gasteiger partial charge in [0, 0.05) is 6.07 Å². The van der Waals surface area contributed by atoms with E-state index in [1.807, 2.05) is 13.0 Å². The maximum absolute atomic E-state index is 5.95. The summed E-state index contributed by atoms with van der Waals surface area (Å²) in [5.41, 5.74) is 7.00. The number of hydrogen-bond donors (Lipinski definition) is 1. The lowest BCUT2D eigenvalue weighted by Crippen LogP contribution is -2.19. The van der Waals surface area contributed by atoms with Crippen LogP contribution >= 0.6 is 0 Å². The number of aryl methyl sites for hydroxylation is 1. The van der Waals surface area contributed by atoms with E-state index in [1.165, 1.54) is 25.7 Å². The predicted octanol–water partition coefficient (Wildman–Crippen LogP) is 2.13. The number of nitrogen functional groups attached to an aromatic ring is 1. The number of nitrogens with two attached hydrogens (primary N) is 1. The molecule has 1 aromatic heterocycles. The summed E-state index contributed by atoms with van der Waals surface area (Å²) in [4.78, 5) is 0. The van der Waals surface area contributed by atoms with Crippen molar-refractivity contribution in [3.05, 3.63) is 11.8 Å². The van der Waals surface area contributed by atoms with Crippen molar-refractivity contribution in [3.63, 3.8) is 0 Å². The Bertz CT molecular complexity index is 355. The van der Waals surface area contributed by atoms with Crippen LogP contribution in [-0.4, -0.2) is 9.78 Å². The van der Waals surface area contributed by atoms with Crippen molar-refractivity contribution in [1.29, 1.82) is 0 Å². The zero-order valence-corrected chi connectivity index (χ0v) is 8.61. The molecule has 0 aromatic carbocycles. The molecule has 0 saturated heterocycles. The smallest absolute Gasteiger partial charge is 0.122 e. The normalized spacial score (nSPS) is 35.4. The standard InChI is InChI=1S/C11H17N3/c1-7-4-11(12)14(13-7)10-6-8-2-3-9(10)5-8/h4,8-10H,2-3,5-6,12H2,1H3/t8-,9-,10-/m1/s1. The van der Waals surface area contributed by atoms with Gasteiger partial charge in [-0.05, 0) is 38.0 Å². The molecule has 0 radical (unpaired) electrons. The maximum atomic E-state index is 5.95. The molecule has 0 unspecified atom stereocenters. The average Bonchev–Trinajstić information content (AvgIpc) is 2.79. The van der Waals surface area contributed by atoms with E-state index in [2.05, 4.69) is 9.78 Å². The summed E-state index contributed by atoms with van der Waals surface area (Å²) < 4.78 is 2.07. The van der Waals surface area contributed by atoms with Crippen molar-refractivity contribution in [1.82, 2.24) is 9.78 Å². The number of fused-ring (bicyclic) bond motifs is 2. The highest BCUT2D eigenvalue weighted by atomic mass is 15.3. The lowest BCUT2D eigenvalue weighted by molar-refractivity contribution is 0.309. The molecule has 0 aliphatic heterocycles. The molecule has 0 spiro atoms.